The van der Waals surface area contributed by atoms with Crippen LogP contribution in [0.1, 0.15) is 44.5 Å². The Balaban J connectivity index is 0.000000183. The highest BCUT2D eigenvalue weighted by atomic mass is 35.5. The molecule has 5 aliphatic rings. The summed E-state index contributed by atoms with van der Waals surface area (Å²) in [5.41, 5.74) is 1.02. The zero-order valence-corrected chi connectivity index (χ0v) is 28.2. The van der Waals surface area contributed by atoms with E-state index in [-0.39, 0.29) is 37.0 Å². The van der Waals surface area contributed by atoms with Gasteiger partial charge >= 0.3 is 0 Å². The summed E-state index contributed by atoms with van der Waals surface area (Å²) in [4.78, 5) is 27.9. The standard InChI is InChI=1S/C19H23ClN6O2S.C10H12ClN3O2S.CH4/c20-13-1-2-15(21-11-13)25-6-8-26(9-7-25)18-22-14-3-10-29(28)16(14)17(23-18)24-19(12-27)4-5-19;11-9-12-6-1-4-17(16)7(6)8(13-9)14-10(5-15)2-3-10;/h1-2,11,27H,3-10,12H2,(H,22,23,24);15H,1-5H2,(H,12,13,14);1H4. The zero-order valence-electron chi connectivity index (χ0n) is 25.0. The molecular formula is C30H39Cl2N9O4S2. The lowest BCUT2D eigenvalue weighted by Gasteiger charge is -2.35. The van der Waals surface area contributed by atoms with Gasteiger partial charge in [-0.1, -0.05) is 19.0 Å². The van der Waals surface area contributed by atoms with Gasteiger partial charge in [-0.3, -0.25) is 8.42 Å². The van der Waals surface area contributed by atoms with Crippen LogP contribution < -0.4 is 20.4 Å². The molecule has 2 atom stereocenters. The van der Waals surface area contributed by atoms with Gasteiger partial charge in [0.25, 0.3) is 0 Å². The van der Waals surface area contributed by atoms with E-state index in [1.165, 1.54) is 0 Å². The van der Waals surface area contributed by atoms with Gasteiger partial charge in [0.15, 0.2) is 0 Å². The summed E-state index contributed by atoms with van der Waals surface area (Å²) in [6.07, 6.45) is 6.63. The molecule has 3 aromatic rings. The van der Waals surface area contributed by atoms with Crippen LogP contribution in [0, 0.1) is 0 Å². The van der Waals surface area contributed by atoms with Crippen molar-refractivity contribution in [3.63, 3.8) is 0 Å². The van der Waals surface area contributed by atoms with Crippen molar-refractivity contribution in [1.29, 1.82) is 0 Å². The molecule has 6 heterocycles. The molecule has 3 aromatic heterocycles. The fraction of sp³-hybridized carbons (Fsp3) is 0.567. The third kappa shape index (κ3) is 7.20. The maximum Gasteiger partial charge on any atom is 0.227 e. The Labute approximate surface area is 288 Å². The summed E-state index contributed by atoms with van der Waals surface area (Å²) >= 11 is 11.8. The van der Waals surface area contributed by atoms with Crippen molar-refractivity contribution in [2.75, 3.05) is 71.3 Å². The van der Waals surface area contributed by atoms with Crippen molar-refractivity contribution in [2.24, 2.45) is 0 Å². The predicted octanol–water partition coefficient (Wildman–Crippen LogP) is 2.82. The first-order chi connectivity index (χ1) is 22.2. The molecule has 13 nitrogen and oxygen atoms in total. The summed E-state index contributed by atoms with van der Waals surface area (Å²) in [6.45, 7) is 3.28. The van der Waals surface area contributed by atoms with Gasteiger partial charge in [0.1, 0.15) is 27.2 Å². The van der Waals surface area contributed by atoms with Crippen LogP contribution in [-0.4, -0.2) is 106 Å². The number of aromatic nitrogens is 5. The Morgan fingerprint density at radius 1 is 0.766 bits per heavy atom. The number of nitrogens with zero attached hydrogens (tertiary/aromatic N) is 7. The maximum absolute atomic E-state index is 12.5. The Morgan fingerprint density at radius 2 is 1.30 bits per heavy atom. The molecule has 254 valence electrons. The molecule has 2 saturated carbocycles. The Bertz CT molecular complexity index is 1680. The first-order valence-electron chi connectivity index (χ1n) is 15.3. The number of pyridine rings is 1. The molecule has 17 heteroatoms. The van der Waals surface area contributed by atoms with Crippen molar-refractivity contribution in [2.45, 2.75) is 66.8 Å². The van der Waals surface area contributed by atoms with E-state index >= 15 is 0 Å². The normalized spacial score (nSPS) is 22.7. The predicted molar refractivity (Wildman–Crippen MR) is 185 cm³/mol. The summed E-state index contributed by atoms with van der Waals surface area (Å²) < 4.78 is 24.4. The molecule has 4 N–H and O–H groups in total. The largest absolute Gasteiger partial charge is 0.394 e. The average molecular weight is 725 g/mol. The van der Waals surface area contributed by atoms with Crippen molar-refractivity contribution >= 4 is 68.2 Å². The summed E-state index contributed by atoms with van der Waals surface area (Å²) in [6, 6.07) is 3.79. The average Bonchev–Trinajstić information content (AvgIpc) is 3.95. The van der Waals surface area contributed by atoms with Crippen LogP contribution in [0.25, 0.3) is 0 Å². The fourth-order valence-electron chi connectivity index (χ4n) is 5.80. The molecule has 0 amide bonds. The molecule has 0 aromatic carbocycles. The van der Waals surface area contributed by atoms with Gasteiger partial charge in [-0.2, -0.15) is 9.97 Å². The lowest BCUT2D eigenvalue weighted by atomic mass is 10.2. The first kappa shape index (κ1) is 34.2. The van der Waals surface area contributed by atoms with Crippen LogP contribution in [0.15, 0.2) is 28.1 Å². The summed E-state index contributed by atoms with van der Waals surface area (Å²) in [5, 5.41) is 26.3. The quantitative estimate of drug-likeness (QED) is 0.251. The number of fused-ring (bicyclic) bond motifs is 2. The van der Waals surface area contributed by atoms with Gasteiger partial charge in [0, 0.05) is 56.7 Å². The van der Waals surface area contributed by atoms with Crippen LogP contribution in [0.2, 0.25) is 10.3 Å². The van der Waals surface area contributed by atoms with Crippen molar-refractivity contribution in [3.05, 3.63) is 40.0 Å². The highest BCUT2D eigenvalue weighted by molar-refractivity contribution is 7.85. The molecule has 2 aliphatic carbocycles. The monoisotopic (exact) mass is 723 g/mol. The Morgan fingerprint density at radius 3 is 1.81 bits per heavy atom. The Hall–Kier alpha value is -2.69. The molecule has 0 spiro atoms. The number of halogens is 2. The first-order valence-corrected chi connectivity index (χ1v) is 18.7. The highest BCUT2D eigenvalue weighted by Gasteiger charge is 2.45. The van der Waals surface area contributed by atoms with E-state index < -0.39 is 21.6 Å². The van der Waals surface area contributed by atoms with E-state index in [0.717, 1.165) is 74.0 Å². The number of piperazine rings is 1. The van der Waals surface area contributed by atoms with Crippen molar-refractivity contribution in [3.8, 4) is 0 Å². The lowest BCUT2D eigenvalue weighted by Crippen LogP contribution is -2.47. The van der Waals surface area contributed by atoms with E-state index in [9.17, 15) is 18.6 Å². The van der Waals surface area contributed by atoms with Gasteiger partial charge in [-0.05, 0) is 49.4 Å². The number of aliphatic hydroxyl groups excluding tert-OH is 2. The second-order valence-electron chi connectivity index (χ2n) is 12.3. The van der Waals surface area contributed by atoms with Gasteiger partial charge in [0.2, 0.25) is 11.2 Å². The van der Waals surface area contributed by atoms with E-state index in [4.69, 9.17) is 33.2 Å². The summed E-state index contributed by atoms with van der Waals surface area (Å²) in [7, 11) is -2.13. The molecule has 8 rings (SSSR count). The fourth-order valence-corrected chi connectivity index (χ4v) is 8.71. The number of rotatable bonds is 8. The smallest absolute Gasteiger partial charge is 0.227 e. The number of nitrogens with one attached hydrogen (secondary N) is 2. The molecule has 3 aliphatic heterocycles. The summed E-state index contributed by atoms with van der Waals surface area (Å²) in [5.74, 6) is 3.91. The topological polar surface area (TPSA) is 170 Å². The number of anilines is 4. The van der Waals surface area contributed by atoms with Crippen LogP contribution in [-0.2, 0) is 34.4 Å². The number of hydrogen-bond acceptors (Lipinski definition) is 13. The van der Waals surface area contributed by atoms with Gasteiger partial charge < -0.3 is 30.6 Å². The number of hydrogen-bond donors (Lipinski definition) is 4. The van der Waals surface area contributed by atoms with E-state index in [1.54, 1.807) is 6.20 Å². The second kappa shape index (κ2) is 13.7. The van der Waals surface area contributed by atoms with Crippen LogP contribution in [0.3, 0.4) is 0 Å². The van der Waals surface area contributed by atoms with Crippen LogP contribution >= 0.6 is 23.2 Å². The third-order valence-electron chi connectivity index (χ3n) is 9.01. The number of aliphatic hydroxyl groups is 2. The molecule has 0 radical (unpaired) electrons. The van der Waals surface area contributed by atoms with Gasteiger partial charge in [-0.25, -0.2) is 15.0 Å². The minimum Gasteiger partial charge on any atom is -0.394 e. The van der Waals surface area contributed by atoms with E-state index in [1.807, 2.05) is 12.1 Å². The van der Waals surface area contributed by atoms with E-state index in [0.29, 0.717) is 51.8 Å². The Kier molecular flexibility index (Phi) is 9.94. The molecule has 2 unspecified atom stereocenters. The molecule has 47 heavy (non-hydrogen) atoms. The number of aryl methyl sites for hydroxylation is 2. The van der Waals surface area contributed by atoms with Gasteiger partial charge in [0.05, 0.1) is 62.3 Å². The SMILES string of the molecule is C.O=S1CCc2nc(Cl)nc(NC3(CO)CC3)c21.O=S1CCc2nc(N3CCN(c4ccc(Cl)cn4)CC3)nc(NC3(CO)CC3)c21. The maximum atomic E-state index is 12.5. The van der Waals surface area contributed by atoms with Crippen LogP contribution in [0.4, 0.5) is 23.4 Å². The minimum atomic E-state index is -1.08. The second-order valence-corrected chi connectivity index (χ2v) is 16.1. The molecular weight excluding hydrogens is 685 g/mol. The molecule has 3 fully saturated rings. The lowest BCUT2D eigenvalue weighted by molar-refractivity contribution is 0.265. The van der Waals surface area contributed by atoms with Gasteiger partial charge in [-0.15, -0.1) is 0 Å². The van der Waals surface area contributed by atoms with E-state index in [2.05, 4.69) is 35.4 Å². The third-order valence-corrected chi connectivity index (χ3v) is 12.3. The molecule has 1 saturated heterocycles. The highest BCUT2D eigenvalue weighted by Crippen LogP contribution is 2.42. The van der Waals surface area contributed by atoms with Crippen molar-refractivity contribution < 1.29 is 18.6 Å². The van der Waals surface area contributed by atoms with Crippen LogP contribution in [0.5, 0.6) is 0 Å². The molecule has 0 bridgehead atoms. The zero-order chi connectivity index (χ0) is 32.1. The van der Waals surface area contributed by atoms with Crippen molar-refractivity contribution in [1.82, 2.24) is 24.9 Å². The minimum absolute atomic E-state index is 0.